The number of fused-ring (bicyclic) bond motifs is 11. The molecule has 360 valence electrons. The number of benzene rings is 10. The summed E-state index contributed by atoms with van der Waals surface area (Å²) in [5.41, 5.74) is 23.4. The van der Waals surface area contributed by atoms with Crippen molar-refractivity contribution in [3.05, 3.63) is 318 Å². The first-order valence-corrected chi connectivity index (χ1v) is 26.6. The summed E-state index contributed by atoms with van der Waals surface area (Å²) in [6.07, 6.45) is 13.3. The Balaban J connectivity index is 0.858. The Kier molecular flexibility index (Phi) is 10.4. The molecule has 15 rings (SSSR count). The monoisotopic (exact) mass is 973 g/mol. The van der Waals surface area contributed by atoms with Gasteiger partial charge < -0.3 is 14.4 Å². The first-order valence-electron chi connectivity index (χ1n) is 26.6. The zero-order valence-corrected chi connectivity index (χ0v) is 41.8. The van der Waals surface area contributed by atoms with Gasteiger partial charge in [0.1, 0.15) is 23.4 Å². The first kappa shape index (κ1) is 44.1. The molecular formula is C73H51NO2. The third-order valence-electron chi connectivity index (χ3n) is 16.5. The second-order valence-electron chi connectivity index (χ2n) is 20.5. The average molecular weight is 974 g/mol. The Morgan fingerprint density at radius 1 is 0.434 bits per heavy atom. The van der Waals surface area contributed by atoms with E-state index in [-0.39, 0.29) is 12.0 Å². The van der Waals surface area contributed by atoms with Crippen LogP contribution < -0.4 is 9.64 Å². The molecule has 2 aliphatic heterocycles. The number of rotatable bonds is 8. The van der Waals surface area contributed by atoms with Crippen molar-refractivity contribution in [2.45, 2.75) is 30.3 Å². The van der Waals surface area contributed by atoms with Crippen LogP contribution in [0, 0.1) is 0 Å². The fourth-order valence-electron chi connectivity index (χ4n) is 13.1. The van der Waals surface area contributed by atoms with Gasteiger partial charge in [-0.25, -0.2) is 0 Å². The van der Waals surface area contributed by atoms with Crippen LogP contribution in [0.3, 0.4) is 0 Å². The summed E-state index contributed by atoms with van der Waals surface area (Å²) in [5.74, 6) is 2.93. The lowest BCUT2D eigenvalue weighted by Gasteiger charge is -2.39. The highest BCUT2D eigenvalue weighted by Crippen LogP contribution is 2.62. The Hall–Kier alpha value is -9.44. The molecule has 2 atom stereocenters. The summed E-state index contributed by atoms with van der Waals surface area (Å²) in [6.45, 7) is 0. The molecule has 3 nitrogen and oxygen atoms in total. The Bertz CT molecular complexity index is 4020. The van der Waals surface area contributed by atoms with Gasteiger partial charge in [0.05, 0.1) is 11.1 Å². The summed E-state index contributed by atoms with van der Waals surface area (Å²) < 4.78 is 13.4. The van der Waals surface area contributed by atoms with Gasteiger partial charge in [0, 0.05) is 45.1 Å². The minimum absolute atomic E-state index is 0.0255. The van der Waals surface area contributed by atoms with Gasteiger partial charge >= 0.3 is 0 Å². The van der Waals surface area contributed by atoms with E-state index >= 15 is 0 Å². The fraction of sp³-hybridized carbons (Fsp3) is 0.0685. The van der Waals surface area contributed by atoms with Crippen molar-refractivity contribution in [3.63, 3.8) is 0 Å². The fourth-order valence-corrected chi connectivity index (χ4v) is 13.1. The Morgan fingerprint density at radius 3 is 1.71 bits per heavy atom. The third kappa shape index (κ3) is 6.89. The van der Waals surface area contributed by atoms with Crippen LogP contribution in [-0.4, -0.2) is 6.10 Å². The molecule has 2 heterocycles. The van der Waals surface area contributed by atoms with E-state index < -0.39 is 5.41 Å². The van der Waals surface area contributed by atoms with Crippen molar-refractivity contribution in [3.8, 4) is 67.1 Å². The molecule has 10 aromatic rings. The van der Waals surface area contributed by atoms with Gasteiger partial charge in [0.25, 0.3) is 0 Å². The summed E-state index contributed by atoms with van der Waals surface area (Å²) in [6, 6.07) is 88.9. The largest absolute Gasteiger partial charge is 0.484 e. The predicted molar refractivity (Wildman–Crippen MR) is 310 cm³/mol. The van der Waals surface area contributed by atoms with Crippen LogP contribution in [0.4, 0.5) is 17.1 Å². The minimum Gasteiger partial charge on any atom is -0.484 e. The minimum atomic E-state index is -0.542. The van der Waals surface area contributed by atoms with Crippen molar-refractivity contribution in [1.82, 2.24) is 0 Å². The van der Waals surface area contributed by atoms with Gasteiger partial charge in [0.15, 0.2) is 0 Å². The molecule has 0 bridgehead atoms. The predicted octanol–water partition coefficient (Wildman–Crippen LogP) is 18.9. The molecule has 5 aliphatic rings. The zero-order chi connectivity index (χ0) is 50.2. The van der Waals surface area contributed by atoms with Gasteiger partial charge in [-0.2, -0.15) is 0 Å². The van der Waals surface area contributed by atoms with E-state index in [1.54, 1.807) is 0 Å². The van der Waals surface area contributed by atoms with E-state index in [2.05, 4.69) is 278 Å². The maximum atomic E-state index is 6.71. The lowest BCUT2D eigenvalue weighted by molar-refractivity contribution is 0.162. The number of hydrogen-bond donors (Lipinski definition) is 0. The maximum absolute atomic E-state index is 6.71. The van der Waals surface area contributed by atoms with E-state index in [0.29, 0.717) is 0 Å². The lowest BCUT2D eigenvalue weighted by atomic mass is 9.66. The second kappa shape index (κ2) is 17.9. The third-order valence-corrected chi connectivity index (χ3v) is 16.5. The van der Waals surface area contributed by atoms with Crippen LogP contribution in [0.15, 0.2) is 290 Å². The van der Waals surface area contributed by atoms with Crippen LogP contribution >= 0.6 is 0 Å². The standard InChI is InChI=1S/C73H51NO2/c1-2-19-49(20-3-1)54-21-4-5-22-56(54)57-23-6-7-24-58(57)61-26-9-14-33-68(61)74(53-44-39-50(40-45-53)55-28-18-29-63-62-27-10-15-34-69(62)76-72(55)63)52-42-37-48(38-43-52)51-41-46-60-59-25-8-11-30-64(59)73(67(60)47-51)65-31-12-16-35-70(65)75-71-36-17-13-32-66(71)73/h1-9,11-26,28-47,55,72H,10,27H2. The highest BCUT2D eigenvalue weighted by Gasteiger charge is 2.51. The van der Waals surface area contributed by atoms with E-state index in [0.717, 1.165) is 75.0 Å². The molecule has 2 unspecified atom stereocenters. The van der Waals surface area contributed by atoms with E-state index in [4.69, 9.17) is 9.47 Å². The lowest BCUT2D eigenvalue weighted by Crippen LogP contribution is -2.32. The van der Waals surface area contributed by atoms with Crippen molar-refractivity contribution in [2.75, 3.05) is 4.90 Å². The number of allylic oxidation sites excluding steroid dienone is 4. The van der Waals surface area contributed by atoms with Crippen molar-refractivity contribution in [2.24, 2.45) is 0 Å². The molecule has 0 amide bonds. The molecule has 0 aromatic heterocycles. The number of ether oxygens (including phenoxy) is 2. The maximum Gasteiger partial charge on any atom is 0.134 e. The average Bonchev–Trinajstić information content (AvgIpc) is 4.04. The summed E-state index contributed by atoms with van der Waals surface area (Å²) >= 11 is 0. The molecule has 76 heavy (non-hydrogen) atoms. The molecular weight excluding hydrogens is 923 g/mol. The SMILES string of the molecule is C1=CC(c2ccc(N(c3ccc(-c4ccc5c(c4)C4(c6ccccc6Oc6ccccc64)c4ccccc4-5)cc3)c3ccccc3-c3ccccc3-c3ccccc3-c3ccccc3)cc2)C2OC3=C(CCC=C3)C2=C1. The Labute approximate surface area is 444 Å². The van der Waals surface area contributed by atoms with Crippen LogP contribution in [0.5, 0.6) is 11.5 Å². The van der Waals surface area contributed by atoms with Crippen LogP contribution in [0.1, 0.15) is 46.6 Å². The number of anilines is 3. The molecule has 0 N–H and O–H groups in total. The van der Waals surface area contributed by atoms with Crippen LogP contribution in [0.2, 0.25) is 0 Å². The molecule has 0 radical (unpaired) electrons. The summed E-state index contributed by atoms with van der Waals surface area (Å²) in [7, 11) is 0. The van der Waals surface area contributed by atoms with Gasteiger partial charge in [-0.05, 0) is 134 Å². The van der Waals surface area contributed by atoms with Crippen molar-refractivity contribution in [1.29, 1.82) is 0 Å². The second-order valence-corrected chi connectivity index (χ2v) is 20.5. The number of hydrogen-bond acceptors (Lipinski definition) is 3. The highest BCUT2D eigenvalue weighted by atomic mass is 16.5. The number of nitrogens with zero attached hydrogens (tertiary/aromatic N) is 1. The van der Waals surface area contributed by atoms with Crippen molar-refractivity contribution < 1.29 is 9.47 Å². The molecule has 0 saturated carbocycles. The van der Waals surface area contributed by atoms with Gasteiger partial charge in [-0.15, -0.1) is 0 Å². The quantitative estimate of drug-likeness (QED) is 0.151. The normalized spacial score (nSPS) is 16.8. The molecule has 3 heteroatoms. The Morgan fingerprint density at radius 2 is 0.987 bits per heavy atom. The molecule has 3 aliphatic carbocycles. The van der Waals surface area contributed by atoms with Gasteiger partial charge in [-0.1, -0.05) is 218 Å². The molecule has 0 saturated heterocycles. The molecule has 0 fully saturated rings. The van der Waals surface area contributed by atoms with Gasteiger partial charge in [-0.3, -0.25) is 0 Å². The van der Waals surface area contributed by atoms with Crippen LogP contribution in [0.25, 0.3) is 55.6 Å². The topological polar surface area (TPSA) is 21.7 Å². The van der Waals surface area contributed by atoms with Crippen molar-refractivity contribution >= 4 is 17.1 Å². The highest BCUT2D eigenvalue weighted by molar-refractivity contribution is 5.97. The van der Waals surface area contributed by atoms with Crippen LogP contribution in [-0.2, 0) is 10.2 Å². The molecule has 10 aromatic carbocycles. The number of para-hydroxylation sites is 3. The van der Waals surface area contributed by atoms with Gasteiger partial charge in [0.2, 0.25) is 0 Å². The first-order chi connectivity index (χ1) is 37.7. The smallest absolute Gasteiger partial charge is 0.134 e. The summed E-state index contributed by atoms with van der Waals surface area (Å²) in [4.78, 5) is 2.44. The molecule has 1 spiro atoms. The summed E-state index contributed by atoms with van der Waals surface area (Å²) in [5, 5.41) is 0. The zero-order valence-electron chi connectivity index (χ0n) is 41.8. The van der Waals surface area contributed by atoms with E-state index in [1.807, 2.05) is 0 Å². The van der Waals surface area contributed by atoms with E-state index in [9.17, 15) is 0 Å². The van der Waals surface area contributed by atoms with E-state index in [1.165, 1.54) is 66.8 Å².